The van der Waals surface area contributed by atoms with Gasteiger partial charge in [-0.25, -0.2) is 0 Å². The second-order valence-corrected chi connectivity index (χ2v) is 4.58. The maximum atomic E-state index is 11.8. The zero-order valence-electron chi connectivity index (χ0n) is 11.0. The minimum atomic E-state index is -0.637. The van der Waals surface area contributed by atoms with E-state index in [0.29, 0.717) is 17.8 Å². The molecular formula is C13H17N3O3. The monoisotopic (exact) mass is 263 g/mol. The summed E-state index contributed by atoms with van der Waals surface area (Å²) in [6.45, 7) is 3.67. The van der Waals surface area contributed by atoms with Crippen molar-refractivity contribution in [1.29, 1.82) is 0 Å². The average Bonchev–Trinajstić information content (AvgIpc) is 2.38. The third-order valence-corrected chi connectivity index (χ3v) is 3.17. The quantitative estimate of drug-likeness (QED) is 0.770. The fraction of sp³-hybridized carbons (Fsp3) is 0.462. The zero-order valence-corrected chi connectivity index (χ0v) is 11.0. The molecule has 0 saturated carbocycles. The van der Waals surface area contributed by atoms with Gasteiger partial charge in [0.2, 0.25) is 11.8 Å². The first-order valence-electron chi connectivity index (χ1n) is 6.27. The lowest BCUT2D eigenvalue weighted by Crippen LogP contribution is -2.58. The van der Waals surface area contributed by atoms with E-state index in [1.54, 1.807) is 30.2 Å². The molecule has 0 radical (unpaired) electrons. The molecule has 1 aromatic heterocycles. The molecule has 1 saturated heterocycles. The maximum absolute atomic E-state index is 11.8. The molecule has 1 fully saturated rings. The van der Waals surface area contributed by atoms with Gasteiger partial charge in [-0.15, -0.1) is 0 Å². The summed E-state index contributed by atoms with van der Waals surface area (Å²) in [5.74, 6) is -0.590. The molecule has 102 valence electrons. The van der Waals surface area contributed by atoms with Gasteiger partial charge in [-0.3, -0.25) is 19.9 Å². The smallest absolute Gasteiger partial charge is 0.249 e. The molecule has 0 bridgehead atoms. The van der Waals surface area contributed by atoms with Gasteiger partial charge in [0.05, 0.1) is 30.2 Å². The van der Waals surface area contributed by atoms with E-state index >= 15 is 0 Å². The van der Waals surface area contributed by atoms with Crippen LogP contribution in [0.1, 0.15) is 32.1 Å². The Hall–Kier alpha value is -1.95. The van der Waals surface area contributed by atoms with Crippen molar-refractivity contribution in [3.63, 3.8) is 0 Å². The molecule has 2 heterocycles. The number of rotatable bonds is 3. The molecule has 1 aromatic rings. The Morgan fingerprint density at radius 1 is 1.53 bits per heavy atom. The molecule has 2 rings (SSSR count). The lowest BCUT2D eigenvalue weighted by Gasteiger charge is -2.35. The van der Waals surface area contributed by atoms with E-state index in [2.05, 4.69) is 10.3 Å². The number of aliphatic hydroxyl groups is 1. The van der Waals surface area contributed by atoms with Gasteiger partial charge in [0, 0.05) is 0 Å². The number of amides is 2. The van der Waals surface area contributed by atoms with Crippen LogP contribution in [0, 0.1) is 0 Å². The summed E-state index contributed by atoms with van der Waals surface area (Å²) in [5, 5.41) is 11.7. The first kappa shape index (κ1) is 13.5. The minimum Gasteiger partial charge on any atom is -0.387 e. The Bertz CT molecular complexity index is 484. The van der Waals surface area contributed by atoms with Gasteiger partial charge in [-0.05, 0) is 25.5 Å². The van der Waals surface area contributed by atoms with Gasteiger partial charge >= 0.3 is 0 Å². The average molecular weight is 263 g/mol. The van der Waals surface area contributed by atoms with E-state index in [4.69, 9.17) is 0 Å². The van der Waals surface area contributed by atoms with Gasteiger partial charge < -0.3 is 10.0 Å². The number of imide groups is 1. The van der Waals surface area contributed by atoms with Gasteiger partial charge in [-0.1, -0.05) is 6.92 Å². The number of piperazine rings is 1. The first-order valence-corrected chi connectivity index (χ1v) is 6.27. The highest BCUT2D eigenvalue weighted by Gasteiger charge is 2.32. The molecule has 1 aliphatic rings. The molecule has 2 atom stereocenters. The summed E-state index contributed by atoms with van der Waals surface area (Å²) >= 11 is 0. The molecule has 0 spiro atoms. The van der Waals surface area contributed by atoms with Crippen LogP contribution in [-0.2, 0) is 9.59 Å². The number of carbonyl (C=O) groups excluding carboxylic acids is 2. The third-order valence-electron chi connectivity index (χ3n) is 3.17. The van der Waals surface area contributed by atoms with E-state index in [9.17, 15) is 14.7 Å². The van der Waals surface area contributed by atoms with E-state index < -0.39 is 6.10 Å². The molecule has 0 aromatic carbocycles. The van der Waals surface area contributed by atoms with E-state index in [0.717, 1.165) is 0 Å². The number of pyridine rings is 1. The Balaban J connectivity index is 2.27. The summed E-state index contributed by atoms with van der Waals surface area (Å²) in [4.78, 5) is 29.1. The summed E-state index contributed by atoms with van der Waals surface area (Å²) in [5.41, 5.74) is 1.27. The third kappa shape index (κ3) is 2.73. The van der Waals surface area contributed by atoms with Crippen LogP contribution in [0.4, 0.5) is 5.69 Å². The standard InChI is InChI=1S/C13H17N3O3/c1-3-11-13(19)15-12(18)7-16(11)9-4-5-10(8(2)17)14-6-9/h4-6,8,11,17H,3,7H2,1-2H3,(H,15,18,19)/t8-,11?/m1/s1. The lowest BCUT2D eigenvalue weighted by molar-refractivity contribution is -0.132. The Morgan fingerprint density at radius 2 is 2.26 bits per heavy atom. The van der Waals surface area contributed by atoms with Crippen molar-refractivity contribution >= 4 is 17.5 Å². The van der Waals surface area contributed by atoms with Crippen molar-refractivity contribution in [3.8, 4) is 0 Å². The summed E-state index contributed by atoms with van der Waals surface area (Å²) in [6.07, 6.45) is 1.55. The fourth-order valence-corrected chi connectivity index (χ4v) is 2.16. The summed E-state index contributed by atoms with van der Waals surface area (Å²) < 4.78 is 0. The van der Waals surface area contributed by atoms with Gasteiger partial charge in [0.15, 0.2) is 0 Å². The number of hydrogen-bond donors (Lipinski definition) is 2. The van der Waals surface area contributed by atoms with Crippen LogP contribution in [0.2, 0.25) is 0 Å². The first-order chi connectivity index (χ1) is 9.02. The van der Waals surface area contributed by atoms with Crippen LogP contribution in [-0.4, -0.2) is 34.5 Å². The van der Waals surface area contributed by atoms with Crippen LogP contribution >= 0.6 is 0 Å². The van der Waals surface area contributed by atoms with Crippen LogP contribution in [0.15, 0.2) is 18.3 Å². The fourth-order valence-electron chi connectivity index (χ4n) is 2.16. The summed E-state index contributed by atoms with van der Waals surface area (Å²) in [6, 6.07) is 3.10. The van der Waals surface area contributed by atoms with Crippen molar-refractivity contribution in [2.75, 3.05) is 11.4 Å². The van der Waals surface area contributed by atoms with Gasteiger partial charge in [0.1, 0.15) is 6.04 Å². The normalized spacial score (nSPS) is 21.2. The van der Waals surface area contributed by atoms with Crippen LogP contribution in [0.25, 0.3) is 0 Å². The van der Waals surface area contributed by atoms with E-state index in [-0.39, 0.29) is 24.4 Å². The second-order valence-electron chi connectivity index (χ2n) is 4.58. The largest absolute Gasteiger partial charge is 0.387 e. The van der Waals surface area contributed by atoms with Crippen LogP contribution < -0.4 is 10.2 Å². The molecule has 1 aliphatic heterocycles. The Kier molecular flexibility index (Phi) is 3.80. The predicted octanol–water partition coefficient (Wildman–Crippen LogP) is 0.376. The molecule has 19 heavy (non-hydrogen) atoms. The number of carbonyl (C=O) groups is 2. The van der Waals surface area contributed by atoms with Crippen molar-refractivity contribution in [2.24, 2.45) is 0 Å². The molecule has 6 heteroatoms. The molecule has 1 unspecified atom stereocenters. The van der Waals surface area contributed by atoms with Crippen LogP contribution in [0.5, 0.6) is 0 Å². The highest BCUT2D eigenvalue weighted by molar-refractivity contribution is 6.04. The van der Waals surface area contributed by atoms with Crippen molar-refractivity contribution in [2.45, 2.75) is 32.4 Å². The lowest BCUT2D eigenvalue weighted by atomic mass is 10.1. The number of nitrogens with one attached hydrogen (secondary N) is 1. The summed E-state index contributed by atoms with van der Waals surface area (Å²) in [7, 11) is 0. The maximum Gasteiger partial charge on any atom is 0.249 e. The van der Waals surface area contributed by atoms with Gasteiger partial charge in [0.25, 0.3) is 0 Å². The second kappa shape index (κ2) is 5.36. The number of aliphatic hydroxyl groups excluding tert-OH is 1. The number of anilines is 1. The SMILES string of the molecule is CCC1C(=O)NC(=O)CN1c1ccc([C@@H](C)O)nc1. The highest BCUT2D eigenvalue weighted by Crippen LogP contribution is 2.21. The molecule has 6 nitrogen and oxygen atoms in total. The number of aromatic nitrogens is 1. The van der Waals surface area contributed by atoms with Crippen LogP contribution in [0.3, 0.4) is 0 Å². The topological polar surface area (TPSA) is 82.5 Å². The zero-order chi connectivity index (χ0) is 14.0. The molecular weight excluding hydrogens is 246 g/mol. The molecule has 0 aliphatic carbocycles. The Morgan fingerprint density at radius 3 is 2.79 bits per heavy atom. The minimum absolute atomic E-state index is 0.139. The highest BCUT2D eigenvalue weighted by atomic mass is 16.3. The number of nitrogens with zero attached hydrogens (tertiary/aromatic N) is 2. The van der Waals surface area contributed by atoms with Gasteiger partial charge in [-0.2, -0.15) is 0 Å². The van der Waals surface area contributed by atoms with E-state index in [1.165, 1.54) is 0 Å². The van der Waals surface area contributed by atoms with Crippen molar-refractivity contribution in [1.82, 2.24) is 10.3 Å². The van der Waals surface area contributed by atoms with Crippen molar-refractivity contribution < 1.29 is 14.7 Å². The predicted molar refractivity (Wildman–Crippen MR) is 69.4 cm³/mol. The molecule has 2 amide bonds. The molecule has 2 N–H and O–H groups in total. The number of hydrogen-bond acceptors (Lipinski definition) is 5. The Labute approximate surface area is 111 Å². The van der Waals surface area contributed by atoms with Crippen molar-refractivity contribution in [3.05, 3.63) is 24.0 Å². The van der Waals surface area contributed by atoms with E-state index in [1.807, 2.05) is 6.92 Å².